The third kappa shape index (κ3) is 4.93. The van der Waals surface area contributed by atoms with Crippen molar-refractivity contribution in [3.05, 3.63) is 28.4 Å². The summed E-state index contributed by atoms with van der Waals surface area (Å²) in [7, 11) is 0. The zero-order chi connectivity index (χ0) is 22.9. The van der Waals surface area contributed by atoms with Crippen LogP contribution in [0.25, 0.3) is 11.2 Å². The van der Waals surface area contributed by atoms with Gasteiger partial charge in [0.15, 0.2) is 27.8 Å². The molecule has 0 radical (unpaired) electrons. The quantitative estimate of drug-likeness (QED) is 0.454. The highest BCUT2D eigenvalue weighted by Gasteiger charge is 2.23. The zero-order valence-electron chi connectivity index (χ0n) is 18.9. The van der Waals surface area contributed by atoms with Crippen LogP contribution in [0.2, 0.25) is 0 Å². The van der Waals surface area contributed by atoms with E-state index >= 15 is 0 Å². The van der Waals surface area contributed by atoms with Crippen LogP contribution in [0.15, 0.2) is 33.0 Å². The lowest BCUT2D eigenvalue weighted by atomic mass is 9.98. The molecule has 2 aliphatic heterocycles. The summed E-state index contributed by atoms with van der Waals surface area (Å²) in [5.74, 6) is 2.14. The predicted molar refractivity (Wildman–Crippen MR) is 131 cm³/mol. The van der Waals surface area contributed by atoms with Crippen molar-refractivity contribution in [2.24, 2.45) is 5.92 Å². The number of fused-ring (bicyclic) bond motifs is 2. The third-order valence-corrected chi connectivity index (χ3v) is 8.05. The number of benzene rings is 1. The van der Waals surface area contributed by atoms with Gasteiger partial charge in [-0.2, -0.15) is 0 Å². The number of aryl methyl sites for hydroxylation is 1. The van der Waals surface area contributed by atoms with Crippen LogP contribution in [0, 0.1) is 11.3 Å². The molecule has 1 atom stereocenters. The number of H-pyrrole nitrogens is 1. The second kappa shape index (κ2) is 9.68. The molecule has 1 aromatic carbocycles. The van der Waals surface area contributed by atoms with Gasteiger partial charge in [-0.25, -0.2) is 9.97 Å². The van der Waals surface area contributed by atoms with Crippen molar-refractivity contribution in [2.45, 2.75) is 62.2 Å². The minimum absolute atomic E-state index is 0.212. The summed E-state index contributed by atoms with van der Waals surface area (Å²) in [6.07, 6.45) is 6.67. The lowest BCUT2D eigenvalue weighted by Gasteiger charge is -2.37. The smallest absolute Gasteiger partial charge is 0.231 e. The first-order valence-electron chi connectivity index (χ1n) is 11.5. The van der Waals surface area contributed by atoms with Gasteiger partial charge in [0.2, 0.25) is 6.79 Å². The Hall–Kier alpha value is -2.04. The van der Waals surface area contributed by atoms with E-state index in [0.29, 0.717) is 17.5 Å². The monoisotopic (exact) mass is 532 g/mol. The molecule has 0 saturated carbocycles. The fourth-order valence-corrected chi connectivity index (χ4v) is 6.02. The van der Waals surface area contributed by atoms with Gasteiger partial charge in [-0.3, -0.25) is 5.41 Å². The molecule has 33 heavy (non-hydrogen) atoms. The van der Waals surface area contributed by atoms with Crippen LogP contribution in [0.1, 0.15) is 39.5 Å². The number of imidazole rings is 1. The number of aromatic amines is 1. The van der Waals surface area contributed by atoms with Gasteiger partial charge >= 0.3 is 0 Å². The minimum Gasteiger partial charge on any atom is -0.454 e. The molecule has 1 saturated heterocycles. The number of likely N-dealkylation sites (tertiary alicyclic amines) is 1. The van der Waals surface area contributed by atoms with E-state index in [1.807, 2.05) is 12.1 Å². The maximum absolute atomic E-state index is 8.27. The van der Waals surface area contributed by atoms with Gasteiger partial charge in [0, 0.05) is 28.5 Å². The van der Waals surface area contributed by atoms with Crippen molar-refractivity contribution < 1.29 is 9.47 Å². The molecule has 3 aromatic rings. The molecule has 2 aromatic heterocycles. The van der Waals surface area contributed by atoms with Crippen molar-refractivity contribution in [3.63, 3.8) is 0 Å². The zero-order valence-corrected chi connectivity index (χ0v) is 21.3. The molecule has 2 N–H and O–H groups in total. The minimum atomic E-state index is 0.212. The van der Waals surface area contributed by atoms with Gasteiger partial charge in [-0.1, -0.05) is 32.0 Å². The van der Waals surface area contributed by atoms with E-state index < -0.39 is 0 Å². The number of aromatic nitrogens is 4. The van der Waals surface area contributed by atoms with Crippen LogP contribution in [0.5, 0.6) is 11.5 Å². The summed E-state index contributed by atoms with van der Waals surface area (Å²) < 4.78 is 14.0. The Bertz CT molecular complexity index is 1210. The van der Waals surface area contributed by atoms with Crippen LogP contribution in [-0.2, 0) is 6.54 Å². The predicted octanol–water partition coefficient (Wildman–Crippen LogP) is 4.78. The summed E-state index contributed by atoms with van der Waals surface area (Å²) in [6.45, 7) is 8.02. The number of nitrogens with one attached hydrogen (secondary N) is 2. The van der Waals surface area contributed by atoms with Gasteiger partial charge in [-0.05, 0) is 59.8 Å². The summed E-state index contributed by atoms with van der Waals surface area (Å²) in [5, 5.41) is 9.00. The molecule has 176 valence electrons. The number of piperidine rings is 1. The van der Waals surface area contributed by atoms with Crippen molar-refractivity contribution in [1.82, 2.24) is 24.4 Å². The molecule has 1 unspecified atom stereocenters. The molecule has 1 fully saturated rings. The molecular weight excluding hydrogens is 504 g/mol. The molecule has 0 aliphatic carbocycles. The van der Waals surface area contributed by atoms with E-state index in [1.54, 1.807) is 6.33 Å². The van der Waals surface area contributed by atoms with E-state index in [-0.39, 0.29) is 12.3 Å². The second-order valence-corrected chi connectivity index (χ2v) is 11.0. The molecule has 4 heterocycles. The fourth-order valence-electron chi connectivity index (χ4n) is 4.64. The lowest BCUT2D eigenvalue weighted by molar-refractivity contribution is 0.121. The Kier molecular flexibility index (Phi) is 6.67. The summed E-state index contributed by atoms with van der Waals surface area (Å²) in [6, 6.07) is 4.46. The number of hydrogen-bond acceptors (Lipinski definition) is 7. The van der Waals surface area contributed by atoms with E-state index in [2.05, 4.69) is 49.2 Å². The summed E-state index contributed by atoms with van der Waals surface area (Å²) >= 11 is 5.11. The van der Waals surface area contributed by atoms with Crippen LogP contribution in [0.4, 0.5) is 0 Å². The van der Waals surface area contributed by atoms with Gasteiger partial charge < -0.3 is 23.9 Å². The molecule has 10 heteroatoms. The first kappa shape index (κ1) is 22.7. The molecule has 5 rings (SSSR count). The average molecular weight is 533 g/mol. The van der Waals surface area contributed by atoms with E-state index in [1.165, 1.54) is 37.6 Å². The molecular formula is C23H29BrN6O2S. The maximum atomic E-state index is 8.27. The Labute approximate surface area is 205 Å². The van der Waals surface area contributed by atoms with E-state index in [9.17, 15) is 0 Å². The van der Waals surface area contributed by atoms with Gasteiger partial charge in [-0.15, -0.1) is 0 Å². The Balaban J connectivity index is 1.37. The second-order valence-electron chi connectivity index (χ2n) is 9.09. The third-order valence-electron chi connectivity index (χ3n) is 6.18. The average Bonchev–Trinajstić information content (AvgIpc) is 3.41. The topological polar surface area (TPSA) is 92.1 Å². The number of hydrogen-bond donors (Lipinski definition) is 2. The highest BCUT2D eigenvalue weighted by molar-refractivity contribution is 9.10. The number of rotatable bonds is 7. The summed E-state index contributed by atoms with van der Waals surface area (Å²) in [4.78, 5) is 16.1. The van der Waals surface area contributed by atoms with Crippen LogP contribution in [-0.4, -0.2) is 50.3 Å². The highest BCUT2D eigenvalue weighted by Crippen LogP contribution is 2.42. The van der Waals surface area contributed by atoms with Gasteiger partial charge in [0.25, 0.3) is 0 Å². The van der Waals surface area contributed by atoms with E-state index in [4.69, 9.17) is 19.9 Å². The number of nitrogens with zero attached hydrogens (tertiary/aromatic N) is 4. The fraction of sp³-hybridized carbons (Fsp3) is 0.522. The van der Waals surface area contributed by atoms with E-state index in [0.717, 1.165) is 51.2 Å². The van der Waals surface area contributed by atoms with Crippen molar-refractivity contribution in [3.8, 4) is 11.5 Å². The maximum Gasteiger partial charge on any atom is 0.231 e. The van der Waals surface area contributed by atoms with Crippen molar-refractivity contribution in [1.29, 1.82) is 5.41 Å². The van der Waals surface area contributed by atoms with Crippen molar-refractivity contribution in [2.75, 3.05) is 19.9 Å². The number of ether oxygens (including phenoxy) is 2. The molecule has 0 spiro atoms. The SMILES string of the molecule is CC(C)CN1CCCCC1CCn1cnc(=N)c2[nH]c(Sc3cc4c(cc3Br)OCO4)nc21. The molecule has 0 amide bonds. The normalized spacial score (nSPS) is 18.5. The van der Waals surface area contributed by atoms with Crippen LogP contribution >= 0.6 is 27.7 Å². The highest BCUT2D eigenvalue weighted by atomic mass is 79.9. The lowest BCUT2D eigenvalue weighted by Crippen LogP contribution is -2.42. The summed E-state index contributed by atoms with van der Waals surface area (Å²) in [5.41, 5.74) is 1.66. The first-order chi connectivity index (χ1) is 16.0. The molecule has 2 aliphatic rings. The van der Waals surface area contributed by atoms with Crippen LogP contribution in [0.3, 0.4) is 0 Å². The Morgan fingerprint density at radius 2 is 2.09 bits per heavy atom. The van der Waals surface area contributed by atoms with Crippen molar-refractivity contribution >= 4 is 38.9 Å². The Morgan fingerprint density at radius 1 is 1.27 bits per heavy atom. The standard InChI is InChI=1S/C23H29BrN6O2S/c1-14(2)11-29-7-4-3-5-15(29)6-8-30-12-26-21(25)20-22(30)28-23(27-20)33-19-10-18-17(9-16(19)24)31-13-32-18/h9-10,12,14-15,25H,3-8,11,13H2,1-2H3,(H,27,28). The van der Waals surface area contributed by atoms with Gasteiger partial charge in [0.1, 0.15) is 5.52 Å². The molecule has 8 nitrogen and oxygen atoms in total. The molecule has 0 bridgehead atoms. The Morgan fingerprint density at radius 3 is 2.91 bits per heavy atom. The van der Waals surface area contributed by atoms with Gasteiger partial charge in [0.05, 0.1) is 6.33 Å². The van der Waals surface area contributed by atoms with Crippen LogP contribution < -0.4 is 15.0 Å². The first-order valence-corrected chi connectivity index (χ1v) is 13.1. The largest absolute Gasteiger partial charge is 0.454 e. The number of halogens is 1.